The number of rotatable bonds is 4. The van der Waals surface area contributed by atoms with Crippen LogP contribution < -0.4 is 5.32 Å². The van der Waals surface area contributed by atoms with Gasteiger partial charge in [-0.25, -0.2) is 0 Å². The highest BCUT2D eigenvalue weighted by Crippen LogP contribution is 2.06. The summed E-state index contributed by atoms with van der Waals surface area (Å²) in [7, 11) is 0.849. The van der Waals surface area contributed by atoms with Gasteiger partial charge >= 0.3 is 0 Å². The van der Waals surface area contributed by atoms with Gasteiger partial charge in [-0.1, -0.05) is 0 Å². The monoisotopic (exact) mass is 215 g/mol. The van der Waals surface area contributed by atoms with E-state index in [4.69, 9.17) is 0 Å². The van der Waals surface area contributed by atoms with Crippen molar-refractivity contribution in [2.75, 3.05) is 18.8 Å². The molecule has 2 heterocycles. The molecule has 1 aliphatic heterocycles. The van der Waals surface area contributed by atoms with Crippen molar-refractivity contribution in [2.45, 2.75) is 5.75 Å². The molecule has 1 aromatic rings. The quantitative estimate of drug-likeness (QED) is 0.674. The van der Waals surface area contributed by atoms with Gasteiger partial charge < -0.3 is 5.32 Å². The maximum atomic E-state index is 11.6. The van der Waals surface area contributed by atoms with Gasteiger partial charge in [-0.05, 0) is 11.1 Å². The molecular weight excluding hydrogens is 202 g/mol. The molecule has 0 bridgehead atoms. The number of tetrazole rings is 1. The van der Waals surface area contributed by atoms with Crippen LogP contribution in [0.15, 0.2) is 0 Å². The molecule has 6 nitrogen and oxygen atoms in total. The number of aryl methyl sites for hydroxylation is 1. The fraction of sp³-hybridized carbons (Fsp3) is 0.857. The second-order valence-corrected chi connectivity index (χ2v) is 4.97. The summed E-state index contributed by atoms with van der Waals surface area (Å²) in [5, 5.41) is 14.6. The van der Waals surface area contributed by atoms with Crippen LogP contribution in [-0.2, 0) is 23.6 Å². The first-order chi connectivity index (χ1) is 6.74. The summed E-state index contributed by atoms with van der Waals surface area (Å²) in [5.74, 6) is 2.29. The molecule has 1 N–H and O–H groups in total. The Bertz CT molecular complexity index is 335. The maximum Gasteiger partial charge on any atom is 0.187 e. The predicted octanol–water partition coefficient (Wildman–Crippen LogP) is -1.32. The van der Waals surface area contributed by atoms with E-state index in [0.717, 1.165) is 18.8 Å². The summed E-state index contributed by atoms with van der Waals surface area (Å²) in [6.45, 7) is 1.97. The van der Waals surface area contributed by atoms with Gasteiger partial charge in [-0.15, -0.1) is 10.2 Å². The highest BCUT2D eigenvalue weighted by atomic mass is 32.2. The minimum absolute atomic E-state index is 0.421. The van der Waals surface area contributed by atoms with Crippen LogP contribution >= 0.6 is 0 Å². The summed E-state index contributed by atoms with van der Waals surface area (Å²) in [6.07, 6.45) is 0. The SMILES string of the molecule is Cn1nnc(CS(=O)CC2CNC2)n1. The van der Waals surface area contributed by atoms with Crippen molar-refractivity contribution in [1.82, 2.24) is 25.5 Å². The molecule has 78 valence electrons. The topological polar surface area (TPSA) is 72.7 Å². The van der Waals surface area contributed by atoms with Gasteiger partial charge in [0.2, 0.25) is 0 Å². The highest BCUT2D eigenvalue weighted by molar-refractivity contribution is 7.84. The Kier molecular flexibility index (Phi) is 2.87. The molecule has 1 atom stereocenters. The van der Waals surface area contributed by atoms with Crippen molar-refractivity contribution < 1.29 is 4.21 Å². The molecule has 14 heavy (non-hydrogen) atoms. The van der Waals surface area contributed by atoms with E-state index in [1.165, 1.54) is 4.80 Å². The fourth-order valence-electron chi connectivity index (χ4n) is 1.31. The Labute approximate surface area is 84.5 Å². The Hall–Kier alpha value is -0.820. The number of aromatic nitrogens is 4. The van der Waals surface area contributed by atoms with E-state index in [0.29, 0.717) is 17.5 Å². The molecule has 0 amide bonds. The molecule has 0 radical (unpaired) electrons. The first kappa shape index (κ1) is 9.72. The van der Waals surface area contributed by atoms with Crippen molar-refractivity contribution in [3.05, 3.63) is 5.82 Å². The molecule has 1 saturated heterocycles. The minimum Gasteiger partial charge on any atom is -0.316 e. The molecule has 0 spiro atoms. The lowest BCUT2D eigenvalue weighted by molar-refractivity contribution is 0.382. The summed E-state index contributed by atoms with van der Waals surface area (Å²) >= 11 is 0. The van der Waals surface area contributed by atoms with E-state index in [2.05, 4.69) is 20.7 Å². The molecule has 0 aliphatic carbocycles. The lowest BCUT2D eigenvalue weighted by Crippen LogP contribution is -2.44. The molecule has 1 aromatic heterocycles. The second kappa shape index (κ2) is 4.14. The van der Waals surface area contributed by atoms with Gasteiger partial charge in [-0.3, -0.25) is 4.21 Å². The van der Waals surface area contributed by atoms with Crippen molar-refractivity contribution in [3.63, 3.8) is 0 Å². The van der Waals surface area contributed by atoms with Gasteiger partial charge in [0.15, 0.2) is 5.82 Å². The Balaban J connectivity index is 1.81. The lowest BCUT2D eigenvalue weighted by atomic mass is 10.1. The minimum atomic E-state index is -0.855. The van der Waals surface area contributed by atoms with E-state index in [9.17, 15) is 4.21 Å². The molecule has 7 heteroatoms. The molecule has 1 unspecified atom stereocenters. The van der Waals surface area contributed by atoms with Crippen molar-refractivity contribution in [2.24, 2.45) is 13.0 Å². The van der Waals surface area contributed by atoms with Gasteiger partial charge in [0.25, 0.3) is 0 Å². The van der Waals surface area contributed by atoms with Gasteiger partial charge in [-0.2, -0.15) is 4.80 Å². The van der Waals surface area contributed by atoms with Gasteiger partial charge in [0.05, 0.1) is 12.8 Å². The van der Waals surface area contributed by atoms with E-state index in [1.54, 1.807) is 7.05 Å². The standard InChI is InChI=1S/C7H13N5OS/c1-12-10-7(9-11-12)5-14(13)4-6-2-8-3-6/h6,8H,2-5H2,1H3. The van der Waals surface area contributed by atoms with Crippen molar-refractivity contribution in [3.8, 4) is 0 Å². The number of nitrogens with one attached hydrogen (secondary N) is 1. The molecular formula is C7H13N5OS. The zero-order valence-corrected chi connectivity index (χ0v) is 8.83. The molecule has 2 rings (SSSR count). The van der Waals surface area contributed by atoms with Crippen LogP contribution in [0.3, 0.4) is 0 Å². The zero-order chi connectivity index (χ0) is 9.97. The van der Waals surface area contributed by atoms with Gasteiger partial charge in [0, 0.05) is 29.6 Å². The number of hydrogen-bond donors (Lipinski definition) is 1. The molecule has 0 aromatic carbocycles. The van der Waals surface area contributed by atoms with E-state index in [-0.39, 0.29) is 0 Å². The molecule has 1 aliphatic rings. The van der Waals surface area contributed by atoms with E-state index >= 15 is 0 Å². The maximum absolute atomic E-state index is 11.6. The first-order valence-electron chi connectivity index (χ1n) is 4.52. The van der Waals surface area contributed by atoms with Crippen molar-refractivity contribution >= 4 is 10.8 Å². The Morgan fingerprint density at radius 2 is 2.43 bits per heavy atom. The number of hydrogen-bond acceptors (Lipinski definition) is 5. The summed E-state index contributed by atoms with van der Waals surface area (Å²) in [6, 6.07) is 0. The summed E-state index contributed by atoms with van der Waals surface area (Å²) < 4.78 is 11.6. The first-order valence-corrected chi connectivity index (χ1v) is 6.01. The van der Waals surface area contributed by atoms with E-state index in [1.807, 2.05) is 0 Å². The Morgan fingerprint density at radius 3 is 2.93 bits per heavy atom. The fourth-order valence-corrected chi connectivity index (χ4v) is 2.60. The van der Waals surface area contributed by atoms with E-state index < -0.39 is 10.8 Å². The van der Waals surface area contributed by atoms with Crippen LogP contribution in [0, 0.1) is 5.92 Å². The highest BCUT2D eigenvalue weighted by Gasteiger charge is 2.20. The van der Waals surface area contributed by atoms with Crippen LogP contribution in [0.1, 0.15) is 5.82 Å². The molecule has 1 fully saturated rings. The summed E-state index contributed by atoms with van der Waals surface area (Å²) in [4.78, 5) is 1.39. The molecule has 0 saturated carbocycles. The lowest BCUT2D eigenvalue weighted by Gasteiger charge is -2.26. The van der Waals surface area contributed by atoms with Crippen LogP contribution in [-0.4, -0.2) is 43.3 Å². The van der Waals surface area contributed by atoms with Crippen LogP contribution in [0.4, 0.5) is 0 Å². The predicted molar refractivity (Wildman–Crippen MR) is 51.9 cm³/mol. The van der Waals surface area contributed by atoms with Crippen molar-refractivity contribution in [1.29, 1.82) is 0 Å². The van der Waals surface area contributed by atoms with Gasteiger partial charge in [0.1, 0.15) is 0 Å². The number of nitrogens with zero attached hydrogens (tertiary/aromatic N) is 4. The average molecular weight is 215 g/mol. The summed E-state index contributed by atoms with van der Waals surface area (Å²) in [5.41, 5.74) is 0. The average Bonchev–Trinajstić information content (AvgIpc) is 2.44. The largest absolute Gasteiger partial charge is 0.316 e. The van der Waals surface area contributed by atoms with Crippen LogP contribution in [0.2, 0.25) is 0 Å². The second-order valence-electron chi connectivity index (χ2n) is 3.47. The Morgan fingerprint density at radius 1 is 1.64 bits per heavy atom. The van der Waals surface area contributed by atoms with Crippen LogP contribution in [0.25, 0.3) is 0 Å². The zero-order valence-electron chi connectivity index (χ0n) is 8.01. The smallest absolute Gasteiger partial charge is 0.187 e. The third-order valence-electron chi connectivity index (χ3n) is 2.13. The third kappa shape index (κ3) is 2.36. The van der Waals surface area contributed by atoms with Crippen LogP contribution in [0.5, 0.6) is 0 Å². The normalized spacial score (nSPS) is 19.2. The third-order valence-corrected chi connectivity index (χ3v) is 3.55.